The fourth-order valence-electron chi connectivity index (χ4n) is 3.49. The molecule has 0 atom stereocenters. The van der Waals surface area contributed by atoms with Crippen LogP contribution in [0.1, 0.15) is 36.6 Å². The number of benzene rings is 2. The van der Waals surface area contributed by atoms with E-state index in [0.29, 0.717) is 31.0 Å². The molecule has 0 spiro atoms. The van der Waals surface area contributed by atoms with Crippen molar-refractivity contribution in [3.05, 3.63) is 89.6 Å². The van der Waals surface area contributed by atoms with Crippen LogP contribution in [0.4, 0.5) is 13.2 Å². The number of aromatic nitrogens is 2. The molecular formula is C26H24F3N3O4S. The van der Waals surface area contributed by atoms with Crippen molar-refractivity contribution in [2.75, 3.05) is 0 Å². The van der Waals surface area contributed by atoms with Gasteiger partial charge in [-0.2, -0.15) is 18.2 Å². The minimum atomic E-state index is -4.42. The van der Waals surface area contributed by atoms with Gasteiger partial charge < -0.3 is 14.0 Å². The van der Waals surface area contributed by atoms with Crippen LogP contribution >= 0.6 is 11.8 Å². The van der Waals surface area contributed by atoms with Crippen molar-refractivity contribution in [2.45, 2.75) is 49.3 Å². The number of carboxylic acids is 1. The van der Waals surface area contributed by atoms with Crippen LogP contribution in [0.15, 0.2) is 80.8 Å². The van der Waals surface area contributed by atoms with Crippen LogP contribution in [0.25, 0.3) is 11.5 Å². The molecule has 0 unspecified atom stereocenters. The van der Waals surface area contributed by atoms with E-state index >= 15 is 0 Å². The number of nitrogens with zero attached hydrogens (tertiary/aromatic N) is 3. The van der Waals surface area contributed by atoms with Crippen molar-refractivity contribution in [3.63, 3.8) is 0 Å². The average molecular weight is 532 g/mol. The molecule has 1 N–H and O–H groups in total. The number of thioether (sulfide) groups is 1. The summed E-state index contributed by atoms with van der Waals surface area (Å²) in [6.45, 7) is 4.58. The van der Waals surface area contributed by atoms with E-state index in [2.05, 4.69) is 10.1 Å². The molecule has 2 aromatic heterocycles. The van der Waals surface area contributed by atoms with Gasteiger partial charge in [-0.15, -0.1) is 11.8 Å². The summed E-state index contributed by atoms with van der Waals surface area (Å²) in [5, 5.41) is 13.4. The summed E-state index contributed by atoms with van der Waals surface area (Å²) in [4.78, 5) is 18.6. The van der Waals surface area contributed by atoms with Crippen molar-refractivity contribution in [2.24, 2.45) is 0 Å². The Labute approximate surface area is 215 Å². The zero-order valence-corrected chi connectivity index (χ0v) is 20.8. The monoisotopic (exact) mass is 531 g/mol. The fourth-order valence-corrected chi connectivity index (χ4v) is 4.44. The van der Waals surface area contributed by atoms with E-state index in [4.69, 9.17) is 8.94 Å². The molecule has 37 heavy (non-hydrogen) atoms. The normalized spacial score (nSPS) is 12.3. The SMILES string of the molecule is CC(C)(Sc1ccc(CN(Cc2noc(-c3ccc(C(F)(F)F)cc3)n2)Cc2ccco2)cc1)C(=O)O. The van der Waals surface area contributed by atoms with Gasteiger partial charge in [0.1, 0.15) is 10.5 Å². The predicted octanol–water partition coefficient (Wildman–Crippen LogP) is 6.51. The minimum absolute atomic E-state index is 0.129. The maximum Gasteiger partial charge on any atom is 0.416 e. The molecule has 0 aliphatic rings. The van der Waals surface area contributed by atoms with Crippen molar-refractivity contribution in [3.8, 4) is 11.5 Å². The highest BCUT2D eigenvalue weighted by Crippen LogP contribution is 2.33. The quantitative estimate of drug-likeness (QED) is 0.232. The van der Waals surface area contributed by atoms with Gasteiger partial charge in [0.15, 0.2) is 5.82 Å². The molecule has 2 aromatic carbocycles. The largest absolute Gasteiger partial charge is 0.480 e. The zero-order chi connectivity index (χ0) is 26.6. The number of hydrogen-bond donors (Lipinski definition) is 1. The Balaban J connectivity index is 1.47. The van der Waals surface area contributed by atoms with E-state index in [1.165, 1.54) is 23.9 Å². The molecule has 7 nitrogen and oxygen atoms in total. The molecular weight excluding hydrogens is 507 g/mol. The standard InChI is InChI=1S/C26H24F3N3O4S/c1-25(2,24(33)34)37-21-11-5-17(6-12-21)14-32(15-20-4-3-13-35-20)16-22-30-23(36-31-22)18-7-9-19(10-8-18)26(27,28)29/h3-13H,14-16H2,1-2H3,(H,33,34). The van der Waals surface area contributed by atoms with Gasteiger partial charge in [-0.3, -0.25) is 9.69 Å². The van der Waals surface area contributed by atoms with Crippen LogP contribution in [-0.4, -0.2) is 30.9 Å². The highest BCUT2D eigenvalue weighted by Gasteiger charge is 2.30. The van der Waals surface area contributed by atoms with Gasteiger partial charge in [0, 0.05) is 17.0 Å². The molecule has 194 valence electrons. The summed E-state index contributed by atoms with van der Waals surface area (Å²) in [6.07, 6.45) is -2.84. The van der Waals surface area contributed by atoms with E-state index in [1.807, 2.05) is 35.2 Å². The van der Waals surface area contributed by atoms with Gasteiger partial charge in [-0.25, -0.2) is 0 Å². The summed E-state index contributed by atoms with van der Waals surface area (Å²) in [7, 11) is 0. The molecule has 2 heterocycles. The highest BCUT2D eigenvalue weighted by atomic mass is 32.2. The van der Waals surface area contributed by atoms with Crippen LogP contribution in [0.3, 0.4) is 0 Å². The summed E-state index contributed by atoms with van der Waals surface area (Å²) in [6, 6.07) is 15.8. The second-order valence-electron chi connectivity index (χ2n) is 8.88. The molecule has 0 aliphatic heterocycles. The Hall–Kier alpha value is -3.57. The minimum Gasteiger partial charge on any atom is -0.480 e. The van der Waals surface area contributed by atoms with Crippen molar-refractivity contribution in [1.82, 2.24) is 15.0 Å². The van der Waals surface area contributed by atoms with E-state index in [9.17, 15) is 23.1 Å². The first-order chi connectivity index (χ1) is 17.5. The molecule has 0 saturated heterocycles. The molecule has 4 aromatic rings. The number of rotatable bonds is 10. The second-order valence-corrected chi connectivity index (χ2v) is 10.6. The molecule has 0 aliphatic carbocycles. The third-order valence-electron chi connectivity index (χ3n) is 5.47. The Morgan fingerprint density at radius 1 is 1.00 bits per heavy atom. The van der Waals surface area contributed by atoms with Gasteiger partial charge in [0.25, 0.3) is 5.89 Å². The van der Waals surface area contributed by atoms with Crippen molar-refractivity contribution < 1.29 is 32.0 Å². The summed E-state index contributed by atoms with van der Waals surface area (Å²) in [5.41, 5.74) is 0.619. The molecule has 0 amide bonds. The van der Waals surface area contributed by atoms with Crippen LogP contribution in [0.5, 0.6) is 0 Å². The molecule has 0 saturated carbocycles. The molecule has 4 rings (SSSR count). The lowest BCUT2D eigenvalue weighted by Gasteiger charge is -2.21. The summed E-state index contributed by atoms with van der Waals surface area (Å²) < 4.78 is 48.4. The molecule has 11 heteroatoms. The number of furan rings is 1. The first-order valence-corrected chi connectivity index (χ1v) is 12.1. The first-order valence-electron chi connectivity index (χ1n) is 11.3. The van der Waals surface area contributed by atoms with Gasteiger partial charge in [0.2, 0.25) is 0 Å². The highest BCUT2D eigenvalue weighted by molar-refractivity contribution is 8.01. The topological polar surface area (TPSA) is 92.6 Å². The van der Waals surface area contributed by atoms with E-state index in [1.54, 1.807) is 26.2 Å². The lowest BCUT2D eigenvalue weighted by atomic mass is 10.1. The zero-order valence-electron chi connectivity index (χ0n) is 20.0. The van der Waals surface area contributed by atoms with Gasteiger partial charge in [0.05, 0.1) is 24.9 Å². The second kappa shape index (κ2) is 10.8. The maximum atomic E-state index is 12.8. The number of hydrogen-bond acceptors (Lipinski definition) is 7. The van der Waals surface area contributed by atoms with E-state index in [0.717, 1.165) is 28.4 Å². The van der Waals surface area contributed by atoms with E-state index in [-0.39, 0.29) is 5.89 Å². The maximum absolute atomic E-state index is 12.8. The molecule has 0 fully saturated rings. The van der Waals surface area contributed by atoms with Gasteiger partial charge in [-0.05, 0) is 67.9 Å². The Bertz CT molecular complexity index is 1320. The summed E-state index contributed by atoms with van der Waals surface area (Å²) >= 11 is 1.27. The van der Waals surface area contributed by atoms with Crippen LogP contribution in [0, 0.1) is 0 Å². The lowest BCUT2D eigenvalue weighted by Crippen LogP contribution is -2.26. The molecule has 0 bridgehead atoms. The Morgan fingerprint density at radius 3 is 2.30 bits per heavy atom. The predicted molar refractivity (Wildman–Crippen MR) is 130 cm³/mol. The number of halogens is 3. The molecule has 0 radical (unpaired) electrons. The third-order valence-corrected chi connectivity index (χ3v) is 6.66. The third kappa shape index (κ3) is 7.01. The van der Waals surface area contributed by atoms with Crippen molar-refractivity contribution in [1.29, 1.82) is 0 Å². The first kappa shape index (κ1) is 26.5. The number of carbonyl (C=O) groups is 1. The Morgan fingerprint density at radius 2 is 1.70 bits per heavy atom. The van der Waals surface area contributed by atoms with Crippen LogP contribution < -0.4 is 0 Å². The Kier molecular flexibility index (Phi) is 7.74. The van der Waals surface area contributed by atoms with E-state index < -0.39 is 22.5 Å². The smallest absolute Gasteiger partial charge is 0.416 e. The number of alkyl halides is 3. The summed E-state index contributed by atoms with van der Waals surface area (Å²) in [5.74, 6) is 0.352. The average Bonchev–Trinajstić information content (AvgIpc) is 3.52. The lowest BCUT2D eigenvalue weighted by molar-refractivity contribution is -0.139. The number of aliphatic carboxylic acids is 1. The van der Waals surface area contributed by atoms with Crippen molar-refractivity contribution >= 4 is 17.7 Å². The number of carboxylic acid groups (broad SMARTS) is 1. The van der Waals surface area contributed by atoms with Gasteiger partial charge >= 0.3 is 12.1 Å². The van der Waals surface area contributed by atoms with Crippen LogP contribution in [0.2, 0.25) is 0 Å². The fraction of sp³-hybridized carbons (Fsp3) is 0.269. The van der Waals surface area contributed by atoms with Crippen LogP contribution in [-0.2, 0) is 30.6 Å². The van der Waals surface area contributed by atoms with Gasteiger partial charge in [-0.1, -0.05) is 17.3 Å².